The summed E-state index contributed by atoms with van der Waals surface area (Å²) in [5.74, 6) is 0.534. The molecule has 1 unspecified atom stereocenters. The number of fused-ring (bicyclic) bond motifs is 1. The maximum Gasteiger partial charge on any atom is 0.416 e. The standard InChI is InChI=1S/C25H24F3N5O2/c1-14-19(15(2)33(32-14)18-6-3-5-16(11-18)25(26,27)28)13-23(34)29-17-8-9-20-21(12-17)31-24(30-20)22-7-4-10-35-22/h3,5-6,8-9,11-12,22H,4,7,10,13H2,1-2H3,(H,29,34)(H,30,31). The van der Waals surface area contributed by atoms with E-state index >= 15 is 0 Å². The fraction of sp³-hybridized carbons (Fsp3) is 0.320. The maximum atomic E-state index is 13.1. The van der Waals surface area contributed by atoms with Crippen LogP contribution in [0.15, 0.2) is 42.5 Å². The Morgan fingerprint density at radius 2 is 2.06 bits per heavy atom. The summed E-state index contributed by atoms with van der Waals surface area (Å²) in [7, 11) is 0. The summed E-state index contributed by atoms with van der Waals surface area (Å²) in [6, 6.07) is 10.4. The van der Waals surface area contributed by atoms with Crippen molar-refractivity contribution in [1.29, 1.82) is 0 Å². The van der Waals surface area contributed by atoms with Gasteiger partial charge in [-0.3, -0.25) is 4.79 Å². The third-order valence-electron chi connectivity index (χ3n) is 6.22. The van der Waals surface area contributed by atoms with Crippen molar-refractivity contribution >= 4 is 22.6 Å². The number of nitrogens with zero attached hydrogens (tertiary/aromatic N) is 3. The number of imidazole rings is 1. The summed E-state index contributed by atoms with van der Waals surface area (Å²) < 4.78 is 46.5. The fourth-order valence-corrected chi connectivity index (χ4v) is 4.41. The van der Waals surface area contributed by atoms with E-state index in [1.165, 1.54) is 10.7 Å². The molecule has 2 N–H and O–H groups in total. The highest BCUT2D eigenvalue weighted by atomic mass is 19.4. The number of H-pyrrole nitrogens is 1. The van der Waals surface area contributed by atoms with Crippen LogP contribution in [0.2, 0.25) is 0 Å². The summed E-state index contributed by atoms with van der Waals surface area (Å²) in [5.41, 5.74) is 3.62. The highest BCUT2D eigenvalue weighted by molar-refractivity contribution is 5.94. The number of carbonyl (C=O) groups is 1. The van der Waals surface area contributed by atoms with E-state index in [4.69, 9.17) is 4.74 Å². The van der Waals surface area contributed by atoms with Gasteiger partial charge in [0, 0.05) is 23.6 Å². The number of benzene rings is 2. The van der Waals surface area contributed by atoms with Crippen molar-refractivity contribution in [3.63, 3.8) is 0 Å². The minimum atomic E-state index is -4.45. The smallest absolute Gasteiger partial charge is 0.370 e. The molecule has 1 amide bonds. The van der Waals surface area contributed by atoms with Gasteiger partial charge < -0.3 is 15.0 Å². The Hall–Kier alpha value is -3.66. The first-order valence-corrected chi connectivity index (χ1v) is 11.3. The summed E-state index contributed by atoms with van der Waals surface area (Å²) in [5, 5.41) is 7.28. The van der Waals surface area contributed by atoms with Crippen LogP contribution < -0.4 is 5.32 Å². The number of rotatable bonds is 5. The normalized spacial score (nSPS) is 16.2. The number of aromatic nitrogens is 4. The van der Waals surface area contributed by atoms with Gasteiger partial charge in [-0.25, -0.2) is 9.67 Å². The molecule has 5 rings (SSSR count). The lowest BCUT2D eigenvalue weighted by molar-refractivity contribution is -0.137. The number of hydrogen-bond acceptors (Lipinski definition) is 4. The number of alkyl halides is 3. The van der Waals surface area contributed by atoms with Gasteiger partial charge in [0.1, 0.15) is 11.9 Å². The predicted octanol–water partition coefficient (Wildman–Crippen LogP) is 5.42. The average Bonchev–Trinajstić information content (AvgIpc) is 3.54. The number of hydrogen-bond donors (Lipinski definition) is 2. The van der Waals surface area contributed by atoms with E-state index in [0.717, 1.165) is 48.4 Å². The fourth-order valence-electron chi connectivity index (χ4n) is 4.41. The Morgan fingerprint density at radius 3 is 2.80 bits per heavy atom. The van der Waals surface area contributed by atoms with Crippen LogP contribution in [0, 0.1) is 13.8 Å². The SMILES string of the molecule is Cc1nn(-c2cccc(C(F)(F)F)c2)c(C)c1CC(=O)Nc1ccc2nc(C3CCCO3)[nH]c2c1. The predicted molar refractivity (Wildman–Crippen MR) is 124 cm³/mol. The van der Waals surface area contributed by atoms with Gasteiger partial charge in [0.2, 0.25) is 5.91 Å². The lowest BCUT2D eigenvalue weighted by Gasteiger charge is -2.10. The zero-order valence-corrected chi connectivity index (χ0v) is 19.2. The molecule has 0 bridgehead atoms. The van der Waals surface area contributed by atoms with Gasteiger partial charge in [0.25, 0.3) is 0 Å². The molecule has 2 aromatic carbocycles. The van der Waals surface area contributed by atoms with Crippen molar-refractivity contribution < 1.29 is 22.7 Å². The van der Waals surface area contributed by atoms with Gasteiger partial charge in [-0.15, -0.1) is 0 Å². The molecule has 0 spiro atoms. The summed E-state index contributed by atoms with van der Waals surface area (Å²) in [6.07, 6.45) is -2.50. The third-order valence-corrected chi connectivity index (χ3v) is 6.22. The molecule has 1 saturated heterocycles. The first-order chi connectivity index (χ1) is 16.7. The molecule has 1 atom stereocenters. The van der Waals surface area contributed by atoms with Crippen molar-refractivity contribution in [3.05, 3.63) is 70.8 Å². The van der Waals surface area contributed by atoms with E-state index in [1.54, 1.807) is 26.0 Å². The molecule has 0 radical (unpaired) electrons. The second kappa shape index (κ2) is 8.84. The number of aromatic amines is 1. The van der Waals surface area contributed by atoms with E-state index in [2.05, 4.69) is 20.4 Å². The van der Waals surface area contributed by atoms with E-state index in [9.17, 15) is 18.0 Å². The Labute approximate surface area is 199 Å². The minimum absolute atomic E-state index is 0.0280. The molecule has 35 heavy (non-hydrogen) atoms. The summed E-state index contributed by atoms with van der Waals surface area (Å²) >= 11 is 0. The van der Waals surface area contributed by atoms with E-state index in [-0.39, 0.29) is 18.4 Å². The Balaban J connectivity index is 1.33. The molecule has 2 aromatic heterocycles. The zero-order chi connectivity index (χ0) is 24.7. The van der Waals surface area contributed by atoms with Crippen molar-refractivity contribution in [3.8, 4) is 5.69 Å². The minimum Gasteiger partial charge on any atom is -0.370 e. The summed E-state index contributed by atoms with van der Waals surface area (Å²) in [6.45, 7) is 4.21. The van der Waals surface area contributed by atoms with Crippen molar-refractivity contribution in [2.45, 2.75) is 45.4 Å². The molecule has 0 aliphatic carbocycles. The number of anilines is 1. The van der Waals surface area contributed by atoms with Crippen LogP contribution in [0.3, 0.4) is 0 Å². The number of nitrogens with one attached hydrogen (secondary N) is 2. The topological polar surface area (TPSA) is 84.8 Å². The van der Waals surface area contributed by atoms with Gasteiger partial charge in [-0.2, -0.15) is 18.3 Å². The third kappa shape index (κ3) is 4.66. The molecule has 1 fully saturated rings. The van der Waals surface area contributed by atoms with Crippen molar-refractivity contribution in [2.24, 2.45) is 0 Å². The number of aryl methyl sites for hydroxylation is 1. The van der Waals surface area contributed by atoms with Gasteiger partial charge in [-0.05, 0) is 63.1 Å². The molecule has 4 aromatic rings. The zero-order valence-electron chi connectivity index (χ0n) is 19.2. The maximum absolute atomic E-state index is 13.1. The monoisotopic (exact) mass is 483 g/mol. The van der Waals surface area contributed by atoms with Crippen molar-refractivity contribution in [1.82, 2.24) is 19.7 Å². The molecule has 1 aliphatic heterocycles. The number of ether oxygens (including phenoxy) is 1. The van der Waals surface area contributed by atoms with Crippen LogP contribution in [-0.2, 0) is 22.1 Å². The van der Waals surface area contributed by atoms with Crippen LogP contribution in [0.5, 0.6) is 0 Å². The quantitative estimate of drug-likeness (QED) is 0.397. The Morgan fingerprint density at radius 1 is 1.23 bits per heavy atom. The van der Waals surface area contributed by atoms with E-state index < -0.39 is 11.7 Å². The highest BCUT2D eigenvalue weighted by Crippen LogP contribution is 2.31. The molecule has 0 saturated carbocycles. The molecular weight excluding hydrogens is 459 g/mol. The van der Waals surface area contributed by atoms with E-state index in [1.807, 2.05) is 12.1 Å². The molecule has 7 nitrogen and oxygen atoms in total. The van der Waals surface area contributed by atoms with Gasteiger partial charge in [0.15, 0.2) is 0 Å². The lowest BCUT2D eigenvalue weighted by Crippen LogP contribution is -2.15. The van der Waals surface area contributed by atoms with E-state index in [0.29, 0.717) is 28.3 Å². The largest absolute Gasteiger partial charge is 0.416 e. The molecule has 1 aliphatic rings. The van der Waals surface area contributed by atoms with Crippen LogP contribution in [0.25, 0.3) is 16.7 Å². The first-order valence-electron chi connectivity index (χ1n) is 11.3. The Kier molecular flexibility index (Phi) is 5.84. The van der Waals surface area contributed by atoms with Crippen LogP contribution in [0.1, 0.15) is 47.3 Å². The molecule has 182 valence electrons. The second-order valence-electron chi connectivity index (χ2n) is 8.69. The van der Waals surface area contributed by atoms with Crippen LogP contribution in [-0.4, -0.2) is 32.3 Å². The van der Waals surface area contributed by atoms with Crippen molar-refractivity contribution in [2.75, 3.05) is 11.9 Å². The molecule has 3 heterocycles. The molecular formula is C25H24F3N5O2. The van der Waals surface area contributed by atoms with Gasteiger partial charge >= 0.3 is 6.18 Å². The first kappa shape index (κ1) is 23.1. The molecule has 10 heteroatoms. The van der Waals surface area contributed by atoms with Gasteiger partial charge in [0.05, 0.1) is 34.4 Å². The second-order valence-corrected chi connectivity index (χ2v) is 8.69. The average molecular weight is 483 g/mol. The number of carbonyl (C=O) groups excluding carboxylic acids is 1. The van der Waals surface area contributed by atoms with Gasteiger partial charge in [-0.1, -0.05) is 6.07 Å². The Bertz CT molecular complexity index is 1400. The number of amides is 1. The van der Waals surface area contributed by atoms with Crippen LogP contribution in [0.4, 0.5) is 18.9 Å². The lowest BCUT2D eigenvalue weighted by atomic mass is 10.1. The summed E-state index contributed by atoms with van der Waals surface area (Å²) in [4.78, 5) is 20.7. The number of halogens is 3. The van der Waals surface area contributed by atoms with Crippen LogP contribution >= 0.6 is 0 Å². The highest BCUT2D eigenvalue weighted by Gasteiger charge is 2.31.